The Morgan fingerprint density at radius 2 is 2.14 bits per heavy atom. The second-order valence-corrected chi connectivity index (χ2v) is 7.38. The first-order valence-electron chi connectivity index (χ1n) is 9.67. The fourth-order valence-corrected chi connectivity index (χ4v) is 3.63. The maximum atomic E-state index is 12.9. The molecule has 1 aliphatic heterocycles. The Morgan fingerprint density at radius 3 is 2.90 bits per heavy atom. The van der Waals surface area contributed by atoms with Gasteiger partial charge in [-0.05, 0) is 50.5 Å². The number of oxazole rings is 1. The van der Waals surface area contributed by atoms with Crippen molar-refractivity contribution in [3.05, 3.63) is 53.7 Å². The van der Waals surface area contributed by atoms with E-state index >= 15 is 0 Å². The van der Waals surface area contributed by atoms with Gasteiger partial charge in [0.2, 0.25) is 11.8 Å². The smallest absolute Gasteiger partial charge is 0.321 e. The number of aryl methyl sites for hydroxylation is 2. The zero-order valence-electron chi connectivity index (χ0n) is 16.6. The number of anilines is 2. The molecule has 2 amide bonds. The third kappa shape index (κ3) is 4.21. The molecule has 4 rings (SSSR count). The summed E-state index contributed by atoms with van der Waals surface area (Å²) in [5, 5.41) is 3.00. The zero-order chi connectivity index (χ0) is 20.4. The molecular weight excluding hydrogens is 368 g/mol. The molecule has 1 fully saturated rings. The average molecular weight is 392 g/mol. The van der Waals surface area contributed by atoms with Gasteiger partial charge in [-0.25, -0.2) is 19.7 Å². The van der Waals surface area contributed by atoms with Crippen molar-refractivity contribution in [2.45, 2.75) is 32.6 Å². The highest BCUT2D eigenvalue weighted by Crippen LogP contribution is 2.28. The van der Waals surface area contributed by atoms with Crippen LogP contribution in [0.25, 0.3) is 11.5 Å². The highest BCUT2D eigenvalue weighted by atomic mass is 16.3. The molecule has 1 aliphatic rings. The first-order valence-corrected chi connectivity index (χ1v) is 9.67. The van der Waals surface area contributed by atoms with Crippen LogP contribution in [0.4, 0.5) is 16.4 Å². The number of benzene rings is 1. The van der Waals surface area contributed by atoms with Gasteiger partial charge in [-0.3, -0.25) is 0 Å². The maximum Gasteiger partial charge on any atom is 0.321 e. The van der Waals surface area contributed by atoms with Gasteiger partial charge in [0.25, 0.3) is 0 Å². The Kier molecular flexibility index (Phi) is 5.16. The van der Waals surface area contributed by atoms with Gasteiger partial charge in [0.15, 0.2) is 0 Å². The standard InChI is InChI=1S/C21H24N6O2/c1-13-5-6-16(10-17(13)19-24-14(2)12-29-19)25-21(28)27-9-3-4-15(11-27)18-7-8-23-20(22)26-18/h5-8,10,12,15H,3-4,9,11H2,1-2H3,(H,25,28)(H2,22,23,26). The molecule has 0 bridgehead atoms. The molecule has 1 atom stereocenters. The molecule has 2 aromatic heterocycles. The van der Waals surface area contributed by atoms with Crippen LogP contribution in [0.5, 0.6) is 0 Å². The molecule has 1 unspecified atom stereocenters. The van der Waals surface area contributed by atoms with Crippen molar-refractivity contribution in [2.75, 3.05) is 24.1 Å². The molecular formula is C21H24N6O2. The normalized spacial score (nSPS) is 16.6. The van der Waals surface area contributed by atoms with Crippen molar-refractivity contribution < 1.29 is 9.21 Å². The van der Waals surface area contributed by atoms with E-state index in [9.17, 15) is 4.79 Å². The van der Waals surface area contributed by atoms with Gasteiger partial charge in [0, 0.05) is 36.5 Å². The summed E-state index contributed by atoms with van der Waals surface area (Å²) in [5.74, 6) is 0.970. The Bertz CT molecular complexity index is 1030. The van der Waals surface area contributed by atoms with Crippen molar-refractivity contribution in [1.82, 2.24) is 19.9 Å². The topological polar surface area (TPSA) is 110 Å². The van der Waals surface area contributed by atoms with Crippen molar-refractivity contribution in [2.24, 2.45) is 0 Å². The summed E-state index contributed by atoms with van der Waals surface area (Å²) in [6.45, 7) is 5.18. The molecule has 3 heterocycles. The summed E-state index contributed by atoms with van der Waals surface area (Å²) >= 11 is 0. The molecule has 1 aromatic carbocycles. The predicted octanol–water partition coefficient (Wildman–Crippen LogP) is 3.74. The lowest BCUT2D eigenvalue weighted by atomic mass is 9.95. The van der Waals surface area contributed by atoms with E-state index in [4.69, 9.17) is 10.2 Å². The zero-order valence-corrected chi connectivity index (χ0v) is 16.6. The largest absolute Gasteiger partial charge is 0.444 e. The van der Waals surface area contributed by atoms with Crippen molar-refractivity contribution in [3.8, 4) is 11.5 Å². The summed E-state index contributed by atoms with van der Waals surface area (Å²) in [4.78, 5) is 27.3. The van der Waals surface area contributed by atoms with Crippen LogP contribution in [0.3, 0.4) is 0 Å². The van der Waals surface area contributed by atoms with Gasteiger partial charge in [0.05, 0.1) is 11.4 Å². The lowest BCUT2D eigenvalue weighted by Gasteiger charge is -2.32. The molecule has 8 heteroatoms. The third-order valence-electron chi connectivity index (χ3n) is 5.16. The maximum absolute atomic E-state index is 12.9. The number of hydrogen-bond donors (Lipinski definition) is 2. The second-order valence-electron chi connectivity index (χ2n) is 7.38. The number of aromatic nitrogens is 3. The molecule has 0 spiro atoms. The number of carbonyl (C=O) groups is 1. The molecule has 0 aliphatic carbocycles. The van der Waals surface area contributed by atoms with Crippen molar-refractivity contribution in [1.29, 1.82) is 0 Å². The number of nitrogens with one attached hydrogen (secondary N) is 1. The summed E-state index contributed by atoms with van der Waals surface area (Å²) in [6, 6.07) is 7.47. The van der Waals surface area contributed by atoms with Gasteiger partial charge < -0.3 is 20.4 Å². The first-order chi connectivity index (χ1) is 14.0. The quantitative estimate of drug-likeness (QED) is 0.702. The first kappa shape index (κ1) is 18.9. The number of likely N-dealkylation sites (tertiary alicyclic amines) is 1. The minimum Gasteiger partial charge on any atom is -0.444 e. The molecule has 29 heavy (non-hydrogen) atoms. The number of rotatable bonds is 3. The number of nitrogen functional groups attached to an aromatic ring is 1. The lowest BCUT2D eigenvalue weighted by Crippen LogP contribution is -2.41. The van der Waals surface area contributed by atoms with Crippen LogP contribution in [-0.2, 0) is 0 Å². The van der Waals surface area contributed by atoms with E-state index in [2.05, 4.69) is 20.3 Å². The Hall–Kier alpha value is -3.42. The van der Waals surface area contributed by atoms with E-state index in [-0.39, 0.29) is 17.9 Å². The van der Waals surface area contributed by atoms with Crippen LogP contribution < -0.4 is 11.1 Å². The number of hydrogen-bond acceptors (Lipinski definition) is 6. The van der Waals surface area contributed by atoms with Crippen molar-refractivity contribution >= 4 is 17.7 Å². The van der Waals surface area contributed by atoms with Crippen LogP contribution in [0.1, 0.15) is 35.7 Å². The van der Waals surface area contributed by atoms with E-state index in [1.807, 2.05) is 43.0 Å². The molecule has 150 valence electrons. The number of urea groups is 1. The van der Waals surface area contributed by atoms with Crippen LogP contribution in [0.15, 0.2) is 41.1 Å². The number of amides is 2. The molecule has 0 radical (unpaired) electrons. The average Bonchev–Trinajstić information content (AvgIpc) is 3.15. The summed E-state index contributed by atoms with van der Waals surface area (Å²) in [5.41, 5.74) is 10.0. The van der Waals surface area contributed by atoms with Crippen LogP contribution in [0, 0.1) is 13.8 Å². The van der Waals surface area contributed by atoms with Gasteiger partial charge in [0.1, 0.15) is 6.26 Å². The minimum absolute atomic E-state index is 0.130. The molecule has 3 N–H and O–H groups in total. The van der Waals surface area contributed by atoms with Gasteiger partial charge in [-0.1, -0.05) is 6.07 Å². The van der Waals surface area contributed by atoms with Crippen LogP contribution >= 0.6 is 0 Å². The molecule has 0 saturated carbocycles. The fourth-order valence-electron chi connectivity index (χ4n) is 3.63. The number of piperidine rings is 1. The Balaban J connectivity index is 1.48. The SMILES string of the molecule is Cc1coc(-c2cc(NC(=O)N3CCCC(c4ccnc(N)n4)C3)ccc2C)n1. The molecule has 8 nitrogen and oxygen atoms in total. The molecule has 1 saturated heterocycles. The van der Waals surface area contributed by atoms with Crippen molar-refractivity contribution in [3.63, 3.8) is 0 Å². The summed E-state index contributed by atoms with van der Waals surface area (Å²) in [6.07, 6.45) is 5.16. The highest BCUT2D eigenvalue weighted by Gasteiger charge is 2.26. The van der Waals surface area contributed by atoms with Gasteiger partial charge in [-0.2, -0.15) is 0 Å². The van der Waals surface area contributed by atoms with Gasteiger partial charge in [-0.15, -0.1) is 0 Å². The summed E-state index contributed by atoms with van der Waals surface area (Å²) < 4.78 is 5.52. The van der Waals surface area contributed by atoms with E-state index < -0.39 is 0 Å². The van der Waals surface area contributed by atoms with Crippen LogP contribution in [0.2, 0.25) is 0 Å². The van der Waals surface area contributed by atoms with Gasteiger partial charge >= 0.3 is 6.03 Å². The number of carbonyl (C=O) groups excluding carboxylic acids is 1. The monoisotopic (exact) mass is 392 g/mol. The Labute approximate surface area is 169 Å². The highest BCUT2D eigenvalue weighted by molar-refractivity contribution is 5.90. The van der Waals surface area contributed by atoms with E-state index in [1.54, 1.807) is 12.5 Å². The minimum atomic E-state index is -0.130. The van der Waals surface area contributed by atoms with E-state index in [0.717, 1.165) is 35.4 Å². The predicted molar refractivity (Wildman–Crippen MR) is 110 cm³/mol. The lowest BCUT2D eigenvalue weighted by molar-refractivity contribution is 0.192. The third-order valence-corrected chi connectivity index (χ3v) is 5.16. The second kappa shape index (κ2) is 7.90. The Morgan fingerprint density at radius 1 is 1.28 bits per heavy atom. The number of nitrogens with zero attached hydrogens (tertiary/aromatic N) is 4. The number of nitrogens with two attached hydrogens (primary N) is 1. The van der Waals surface area contributed by atoms with Crippen LogP contribution in [-0.4, -0.2) is 39.0 Å². The fraction of sp³-hybridized carbons (Fsp3) is 0.333. The van der Waals surface area contributed by atoms with E-state index in [1.165, 1.54) is 0 Å². The summed E-state index contributed by atoms with van der Waals surface area (Å²) in [7, 11) is 0. The van der Waals surface area contributed by atoms with E-state index in [0.29, 0.717) is 24.7 Å². The molecule has 3 aromatic rings.